The van der Waals surface area contributed by atoms with Crippen molar-refractivity contribution in [2.24, 2.45) is 0 Å². The minimum absolute atomic E-state index is 0. The predicted molar refractivity (Wildman–Crippen MR) is 33.1 cm³/mol. The van der Waals surface area contributed by atoms with E-state index >= 15 is 0 Å². The van der Waals surface area contributed by atoms with E-state index in [1.807, 2.05) is 0 Å². The van der Waals surface area contributed by atoms with Crippen LogP contribution in [0.15, 0.2) is 0 Å². The molecule has 95 valence electrons. The van der Waals surface area contributed by atoms with Crippen molar-refractivity contribution in [2.75, 3.05) is 0 Å². The smallest absolute Gasteiger partial charge is 0.202 e. The molecule has 0 aromatic heterocycles. The van der Waals surface area contributed by atoms with E-state index < -0.39 is 35.2 Å². The van der Waals surface area contributed by atoms with Crippen molar-refractivity contribution in [2.45, 2.75) is 11.0 Å². The minimum atomic E-state index is -6.60. The van der Waals surface area contributed by atoms with Crippen molar-refractivity contribution in [1.82, 2.24) is 4.13 Å². The fourth-order valence-corrected chi connectivity index (χ4v) is 2.15. The molecule has 0 spiro atoms. The number of rotatable bonds is 2. The molecule has 0 aliphatic carbocycles. The summed E-state index contributed by atoms with van der Waals surface area (Å²) in [5.41, 5.74) is -12.3. The average molecular weight is 326 g/mol. The van der Waals surface area contributed by atoms with Crippen LogP contribution in [0.5, 0.6) is 0 Å². The van der Waals surface area contributed by atoms with E-state index in [1.165, 1.54) is 0 Å². The average Bonchev–Trinajstić information content (AvgIpc) is 1.77. The first-order chi connectivity index (χ1) is 6.21. The molecule has 16 heavy (non-hydrogen) atoms. The Bertz CT molecular complexity index is 390. The number of alkyl halides is 6. The summed E-state index contributed by atoms with van der Waals surface area (Å²) in [5, 5.41) is 0. The van der Waals surface area contributed by atoms with E-state index in [-0.39, 0.29) is 25.8 Å². The second-order valence-electron chi connectivity index (χ2n) is 1.98. The molecule has 0 fully saturated rings. The van der Waals surface area contributed by atoms with Gasteiger partial charge in [0.2, 0.25) is 0 Å². The molecule has 0 unspecified atom stereocenters. The summed E-state index contributed by atoms with van der Waals surface area (Å²) in [6, 6.07) is 0. The van der Waals surface area contributed by atoms with Gasteiger partial charge in [0.1, 0.15) is 0 Å². The van der Waals surface area contributed by atoms with Gasteiger partial charge in [-0.1, -0.05) is 4.13 Å². The third-order valence-electron chi connectivity index (χ3n) is 0.829. The summed E-state index contributed by atoms with van der Waals surface area (Å²) in [6.07, 6.45) is 0. The normalized spacial score (nSPS) is 14.4. The zero-order valence-electron chi connectivity index (χ0n) is 6.79. The Labute approximate surface area is 104 Å². The maximum atomic E-state index is 11.5. The summed E-state index contributed by atoms with van der Waals surface area (Å²) in [5.74, 6) is 0. The molecule has 0 amide bonds. The third kappa shape index (κ3) is 4.29. The van der Waals surface area contributed by atoms with Crippen LogP contribution in [0.3, 0.4) is 0 Å². The Morgan fingerprint density at radius 3 is 1.00 bits per heavy atom. The van der Waals surface area contributed by atoms with Gasteiger partial charge in [-0.15, -0.1) is 0 Å². The molecule has 0 bridgehead atoms. The van der Waals surface area contributed by atoms with Crippen molar-refractivity contribution < 1.29 is 69.0 Å². The van der Waals surface area contributed by atoms with Gasteiger partial charge in [0.05, 0.1) is 0 Å². The van der Waals surface area contributed by atoms with E-state index in [2.05, 4.69) is 0 Å². The van der Waals surface area contributed by atoms with Gasteiger partial charge in [-0.05, 0) is 0 Å². The van der Waals surface area contributed by atoms with E-state index in [0.717, 1.165) is 0 Å². The van der Waals surface area contributed by atoms with Gasteiger partial charge < -0.3 is 0 Å². The summed E-state index contributed by atoms with van der Waals surface area (Å²) in [7, 11) is -13.2. The molecule has 0 aliphatic heterocycles. The van der Waals surface area contributed by atoms with Crippen LogP contribution in [0.4, 0.5) is 26.3 Å². The second-order valence-corrected chi connectivity index (χ2v) is 5.59. The molecular weight excluding hydrogens is 325 g/mol. The molecule has 0 saturated heterocycles. The van der Waals surface area contributed by atoms with Crippen LogP contribution in [0.1, 0.15) is 0 Å². The molecule has 0 aromatic rings. The van der Waals surface area contributed by atoms with Crippen LogP contribution in [0, 0.1) is 0 Å². The summed E-state index contributed by atoms with van der Waals surface area (Å²) >= 11 is 0. The fourth-order valence-electron chi connectivity index (χ4n) is 0.239. The topological polar surface area (TPSA) is 80.3 Å². The van der Waals surface area contributed by atoms with E-state index in [9.17, 15) is 43.2 Å². The molecule has 0 rings (SSSR count). The van der Waals surface area contributed by atoms with Gasteiger partial charge in [-0.25, -0.2) is 16.8 Å². The van der Waals surface area contributed by atoms with Crippen molar-refractivity contribution >= 4 is 20.0 Å². The zero-order valence-corrected chi connectivity index (χ0v) is 10.2. The number of sulfonamides is 2. The molecule has 0 aromatic carbocycles. The van der Waals surface area contributed by atoms with Gasteiger partial charge in [0.15, 0.2) is 0 Å². The van der Waals surface area contributed by atoms with Crippen LogP contribution in [-0.4, -0.2) is 27.9 Å². The number of halogens is 6. The van der Waals surface area contributed by atoms with Gasteiger partial charge in [0, 0.05) is 25.8 Å². The zero-order chi connectivity index (χ0) is 12.7. The van der Waals surface area contributed by atoms with Gasteiger partial charge in [0.25, 0.3) is 0 Å². The summed E-state index contributed by atoms with van der Waals surface area (Å²) in [4.78, 5) is 0. The van der Waals surface area contributed by atoms with Crippen molar-refractivity contribution in [3.63, 3.8) is 0 Å². The molecule has 1 N–H and O–H groups in total. The Kier molecular flexibility index (Phi) is 5.71. The Morgan fingerprint density at radius 2 is 0.875 bits per heavy atom. The van der Waals surface area contributed by atoms with Crippen LogP contribution >= 0.6 is 0 Å². The second kappa shape index (κ2) is 4.89. The van der Waals surface area contributed by atoms with Crippen LogP contribution < -0.4 is 4.13 Å². The first-order valence-electron chi connectivity index (χ1n) is 2.62. The van der Waals surface area contributed by atoms with Crippen molar-refractivity contribution in [3.05, 3.63) is 0 Å². The summed E-state index contributed by atoms with van der Waals surface area (Å²) in [6.45, 7) is 0. The molecule has 5 nitrogen and oxygen atoms in total. The maximum Gasteiger partial charge on any atom is 0.512 e. The standard InChI is InChI=1S/C2HF6NO4S2.Sc/c3-1(4,5)14(10,11)9-15(12,13)2(6,7)8;/h9H;. The Balaban J connectivity index is 0. The molecule has 14 heteroatoms. The van der Waals surface area contributed by atoms with Gasteiger partial charge >= 0.3 is 31.1 Å². The Hall–Kier alpha value is 0.310. The predicted octanol–water partition coefficient (Wildman–Crippen LogP) is 0.273. The van der Waals surface area contributed by atoms with Gasteiger partial charge in [-0.3, -0.25) is 0 Å². The molecule has 0 aliphatic rings. The SMILES string of the molecule is O=S(=O)(NS(=O)(=O)C(F)(F)F)C(F)(F)F.[Sc]. The Morgan fingerprint density at radius 1 is 0.688 bits per heavy atom. The quantitative estimate of drug-likeness (QED) is 0.739. The fraction of sp³-hybridized carbons (Fsp3) is 1.00. The van der Waals surface area contributed by atoms with Crippen LogP contribution in [-0.2, 0) is 45.9 Å². The van der Waals surface area contributed by atoms with Crippen LogP contribution in [0.25, 0.3) is 0 Å². The van der Waals surface area contributed by atoms with E-state index in [4.69, 9.17) is 0 Å². The molecule has 1 radical (unpaired) electrons. The number of hydrogen-bond acceptors (Lipinski definition) is 4. The molecular formula is C2HF6NO4S2Sc. The third-order valence-corrected chi connectivity index (χ3v) is 3.80. The van der Waals surface area contributed by atoms with E-state index in [0.29, 0.717) is 0 Å². The molecule has 0 saturated carbocycles. The largest absolute Gasteiger partial charge is 0.512 e. The molecule has 0 atom stereocenters. The first-order valence-corrected chi connectivity index (χ1v) is 5.58. The van der Waals surface area contributed by atoms with E-state index in [1.54, 1.807) is 0 Å². The number of nitrogens with one attached hydrogen (secondary N) is 1. The first kappa shape index (κ1) is 18.7. The van der Waals surface area contributed by atoms with Crippen molar-refractivity contribution in [3.8, 4) is 0 Å². The van der Waals surface area contributed by atoms with Crippen molar-refractivity contribution in [1.29, 1.82) is 0 Å². The van der Waals surface area contributed by atoms with Gasteiger partial charge in [-0.2, -0.15) is 26.3 Å². The summed E-state index contributed by atoms with van der Waals surface area (Å²) < 4.78 is 108. The maximum absolute atomic E-state index is 11.5. The van der Waals surface area contributed by atoms with Crippen LogP contribution in [0.2, 0.25) is 0 Å². The monoisotopic (exact) mass is 326 g/mol. The minimum Gasteiger partial charge on any atom is -0.202 e. The number of hydrogen-bond donors (Lipinski definition) is 1. The molecule has 0 heterocycles.